The molecule has 0 unspecified atom stereocenters. The summed E-state index contributed by atoms with van der Waals surface area (Å²) in [5.74, 6) is 0.914. The highest BCUT2D eigenvalue weighted by Crippen LogP contribution is 2.21. The van der Waals surface area contributed by atoms with E-state index in [1.54, 1.807) is 17.3 Å². The minimum atomic E-state index is 0.667. The summed E-state index contributed by atoms with van der Waals surface area (Å²) in [5.41, 5.74) is 2.12. The van der Waals surface area contributed by atoms with Crippen molar-refractivity contribution >= 4 is 16.7 Å². The Hall–Kier alpha value is -2.43. The van der Waals surface area contributed by atoms with E-state index in [0.717, 1.165) is 28.8 Å². The molecule has 5 nitrogen and oxygen atoms in total. The number of pyridine rings is 1. The molecule has 2 aromatic heterocycles. The predicted octanol–water partition coefficient (Wildman–Crippen LogP) is 2.31. The average molecular weight is 253 g/mol. The van der Waals surface area contributed by atoms with Gasteiger partial charge in [0, 0.05) is 17.5 Å². The van der Waals surface area contributed by atoms with Crippen molar-refractivity contribution in [2.45, 2.75) is 13.5 Å². The maximum absolute atomic E-state index is 4.67. The van der Waals surface area contributed by atoms with Gasteiger partial charge in [-0.2, -0.15) is 5.10 Å². The minimum Gasteiger partial charge on any atom is -0.370 e. The molecule has 0 bridgehead atoms. The molecule has 0 atom stereocenters. The molecule has 0 saturated carbocycles. The number of para-hydroxylation sites is 1. The van der Waals surface area contributed by atoms with Crippen LogP contribution >= 0.6 is 0 Å². The van der Waals surface area contributed by atoms with E-state index in [9.17, 15) is 0 Å². The van der Waals surface area contributed by atoms with Crippen LogP contribution in [-0.4, -0.2) is 26.3 Å². The van der Waals surface area contributed by atoms with Gasteiger partial charge in [-0.25, -0.2) is 14.6 Å². The lowest BCUT2D eigenvalue weighted by Gasteiger charge is -2.11. The van der Waals surface area contributed by atoms with E-state index in [0.29, 0.717) is 6.54 Å². The molecule has 3 rings (SSSR count). The van der Waals surface area contributed by atoms with E-state index in [-0.39, 0.29) is 0 Å². The molecule has 0 aliphatic heterocycles. The molecule has 1 aromatic carbocycles. The molecule has 19 heavy (non-hydrogen) atoms. The van der Waals surface area contributed by atoms with Crippen LogP contribution in [0.15, 0.2) is 43.0 Å². The Balaban J connectivity index is 2.06. The van der Waals surface area contributed by atoms with Crippen molar-refractivity contribution in [1.82, 2.24) is 19.7 Å². The second kappa shape index (κ2) is 5.06. The van der Waals surface area contributed by atoms with E-state index in [1.165, 1.54) is 0 Å². The van der Waals surface area contributed by atoms with Gasteiger partial charge in [0.15, 0.2) is 0 Å². The number of benzene rings is 1. The summed E-state index contributed by atoms with van der Waals surface area (Å²) in [6.07, 6.45) is 3.26. The molecule has 0 spiro atoms. The molecule has 0 aliphatic rings. The van der Waals surface area contributed by atoms with Gasteiger partial charge in [-0.15, -0.1) is 0 Å². The fourth-order valence-electron chi connectivity index (χ4n) is 2.09. The third-order valence-electron chi connectivity index (χ3n) is 2.95. The Morgan fingerprint density at radius 3 is 2.95 bits per heavy atom. The minimum absolute atomic E-state index is 0.667. The lowest BCUT2D eigenvalue weighted by Crippen LogP contribution is -2.08. The number of fused-ring (bicyclic) bond motifs is 1. The number of aromatic nitrogens is 4. The summed E-state index contributed by atoms with van der Waals surface area (Å²) in [6.45, 7) is 3.58. The van der Waals surface area contributed by atoms with Crippen LogP contribution in [0.1, 0.15) is 12.5 Å². The summed E-state index contributed by atoms with van der Waals surface area (Å²) in [7, 11) is 0. The highest BCUT2D eigenvalue weighted by Gasteiger charge is 2.07. The highest BCUT2D eigenvalue weighted by molar-refractivity contribution is 5.81. The Morgan fingerprint density at radius 1 is 1.26 bits per heavy atom. The molecule has 0 fully saturated rings. The Labute approximate surface area is 111 Å². The molecule has 1 N–H and O–H groups in total. The summed E-state index contributed by atoms with van der Waals surface area (Å²) in [5, 5.41) is 8.59. The van der Waals surface area contributed by atoms with Gasteiger partial charge in [-0.1, -0.05) is 18.2 Å². The van der Waals surface area contributed by atoms with E-state index in [2.05, 4.69) is 39.4 Å². The number of nitrogens with zero attached hydrogens (tertiary/aromatic N) is 4. The molecule has 96 valence electrons. The van der Waals surface area contributed by atoms with Crippen molar-refractivity contribution in [3.63, 3.8) is 0 Å². The second-order valence-corrected chi connectivity index (χ2v) is 4.31. The van der Waals surface area contributed by atoms with Crippen LogP contribution in [0.5, 0.6) is 0 Å². The Morgan fingerprint density at radius 2 is 2.16 bits per heavy atom. The van der Waals surface area contributed by atoms with Crippen molar-refractivity contribution in [2.24, 2.45) is 0 Å². The first-order chi connectivity index (χ1) is 9.36. The summed E-state index contributed by atoms with van der Waals surface area (Å²) in [4.78, 5) is 8.64. The Bertz CT molecular complexity index is 675. The zero-order valence-corrected chi connectivity index (χ0v) is 10.7. The molecule has 0 amide bonds. The molecule has 0 aliphatic carbocycles. The topological polar surface area (TPSA) is 55.6 Å². The fourth-order valence-corrected chi connectivity index (χ4v) is 2.09. The summed E-state index contributed by atoms with van der Waals surface area (Å²) in [6, 6.07) is 10.3. The normalized spacial score (nSPS) is 10.8. The van der Waals surface area contributed by atoms with Crippen LogP contribution in [0.25, 0.3) is 10.9 Å². The molecule has 0 radical (unpaired) electrons. The quantitative estimate of drug-likeness (QED) is 0.775. The van der Waals surface area contributed by atoms with E-state index in [1.807, 2.05) is 18.2 Å². The highest BCUT2D eigenvalue weighted by atomic mass is 15.3. The number of hydrogen-bond donors (Lipinski definition) is 1. The van der Waals surface area contributed by atoms with Crippen LogP contribution in [0, 0.1) is 0 Å². The lowest BCUT2D eigenvalue weighted by atomic mass is 10.1. The fraction of sp³-hybridized carbons (Fsp3) is 0.214. The third-order valence-corrected chi connectivity index (χ3v) is 2.95. The maximum atomic E-state index is 4.67. The Kier molecular flexibility index (Phi) is 3.10. The van der Waals surface area contributed by atoms with E-state index in [4.69, 9.17) is 0 Å². The number of nitrogens with one attached hydrogen (secondary N) is 1. The van der Waals surface area contributed by atoms with Gasteiger partial charge in [0.1, 0.15) is 18.5 Å². The van der Waals surface area contributed by atoms with E-state index < -0.39 is 0 Å². The van der Waals surface area contributed by atoms with Gasteiger partial charge in [-0.3, -0.25) is 0 Å². The molecular formula is C14H15N5. The van der Waals surface area contributed by atoms with Crippen LogP contribution in [0.3, 0.4) is 0 Å². The first-order valence-electron chi connectivity index (χ1n) is 6.32. The van der Waals surface area contributed by atoms with Crippen LogP contribution < -0.4 is 5.32 Å². The monoisotopic (exact) mass is 253 g/mol. The average Bonchev–Trinajstić information content (AvgIpc) is 2.93. The van der Waals surface area contributed by atoms with Crippen molar-refractivity contribution < 1.29 is 0 Å². The van der Waals surface area contributed by atoms with Gasteiger partial charge in [-0.05, 0) is 19.1 Å². The first kappa shape index (κ1) is 11.6. The van der Waals surface area contributed by atoms with Crippen molar-refractivity contribution in [3.8, 4) is 0 Å². The van der Waals surface area contributed by atoms with Gasteiger partial charge >= 0.3 is 0 Å². The zero-order valence-electron chi connectivity index (χ0n) is 10.7. The molecule has 5 heteroatoms. The zero-order chi connectivity index (χ0) is 13.1. The van der Waals surface area contributed by atoms with Gasteiger partial charge in [0.2, 0.25) is 0 Å². The number of hydrogen-bond acceptors (Lipinski definition) is 4. The van der Waals surface area contributed by atoms with Crippen molar-refractivity contribution in [3.05, 3.63) is 48.5 Å². The molecular weight excluding hydrogens is 238 g/mol. The van der Waals surface area contributed by atoms with Gasteiger partial charge in [0.25, 0.3) is 0 Å². The molecule has 3 aromatic rings. The largest absolute Gasteiger partial charge is 0.370 e. The lowest BCUT2D eigenvalue weighted by molar-refractivity contribution is 0.684. The third kappa shape index (κ3) is 2.40. The van der Waals surface area contributed by atoms with Gasteiger partial charge in [0.05, 0.1) is 12.1 Å². The van der Waals surface area contributed by atoms with Crippen LogP contribution in [0.2, 0.25) is 0 Å². The summed E-state index contributed by atoms with van der Waals surface area (Å²) < 4.78 is 1.80. The number of rotatable bonds is 4. The maximum Gasteiger partial charge on any atom is 0.137 e. The summed E-state index contributed by atoms with van der Waals surface area (Å²) >= 11 is 0. The smallest absolute Gasteiger partial charge is 0.137 e. The van der Waals surface area contributed by atoms with Gasteiger partial charge < -0.3 is 5.32 Å². The standard InChI is InChI=1S/C14H15N5/c1-2-16-14-12(8-19-10-15-9-17-19)7-11-5-3-4-6-13(11)18-14/h3-7,9-10H,2,8H2,1H3,(H,16,18). The first-order valence-corrected chi connectivity index (χ1v) is 6.32. The second-order valence-electron chi connectivity index (χ2n) is 4.31. The van der Waals surface area contributed by atoms with E-state index >= 15 is 0 Å². The molecule has 2 heterocycles. The van der Waals surface area contributed by atoms with Crippen LogP contribution in [0.4, 0.5) is 5.82 Å². The van der Waals surface area contributed by atoms with Crippen molar-refractivity contribution in [2.75, 3.05) is 11.9 Å². The predicted molar refractivity (Wildman–Crippen MR) is 75.0 cm³/mol. The van der Waals surface area contributed by atoms with Crippen molar-refractivity contribution in [1.29, 1.82) is 0 Å². The van der Waals surface area contributed by atoms with Crippen LogP contribution in [-0.2, 0) is 6.54 Å². The SMILES string of the molecule is CCNc1nc2ccccc2cc1Cn1cncn1. The molecule has 0 saturated heterocycles. The number of anilines is 1.